The molecule has 2 N–H and O–H groups in total. The fourth-order valence-electron chi connectivity index (χ4n) is 1.82. The maximum absolute atomic E-state index is 12.1. The minimum Gasteiger partial charge on any atom is -0.387 e. The quantitative estimate of drug-likeness (QED) is 0.571. The Kier molecular flexibility index (Phi) is 5.47. The Balaban J connectivity index is 2.04. The van der Waals surface area contributed by atoms with E-state index in [2.05, 4.69) is 20.7 Å². The molecule has 122 valence electrons. The predicted molar refractivity (Wildman–Crippen MR) is 87.4 cm³/mol. The van der Waals surface area contributed by atoms with Crippen molar-refractivity contribution < 1.29 is 18.4 Å². The van der Waals surface area contributed by atoms with Crippen molar-refractivity contribution >= 4 is 31.6 Å². The van der Waals surface area contributed by atoms with Crippen LogP contribution in [0, 0.1) is 10.1 Å². The summed E-state index contributed by atoms with van der Waals surface area (Å²) in [5.41, 5.74) is 0.283. The Bertz CT molecular complexity index is 791. The fourth-order valence-corrected chi connectivity index (χ4v) is 3.12. The number of hydrogen-bond donors (Lipinski definition) is 2. The summed E-state index contributed by atoms with van der Waals surface area (Å²) in [5.74, 6) is 0. The summed E-state index contributed by atoms with van der Waals surface area (Å²) in [5, 5.41) is 20.6. The summed E-state index contributed by atoms with van der Waals surface area (Å²) < 4.78 is 27.2. The lowest BCUT2D eigenvalue weighted by atomic mass is 10.1. The zero-order valence-corrected chi connectivity index (χ0v) is 14.1. The Morgan fingerprint density at radius 3 is 2.22 bits per heavy atom. The standard InChI is InChI=1S/C14H13BrN2O5S/c15-11-3-7-13(8-4-11)23(21,22)16-9-14(18)10-1-5-12(6-2-10)17(19)20/h1-8,14,16,18H,9H2/t14-/m1/s1. The molecule has 23 heavy (non-hydrogen) atoms. The average Bonchev–Trinajstić information content (AvgIpc) is 2.53. The lowest BCUT2D eigenvalue weighted by Crippen LogP contribution is -2.28. The van der Waals surface area contributed by atoms with Gasteiger partial charge in [0.25, 0.3) is 5.69 Å². The van der Waals surface area contributed by atoms with E-state index in [0.717, 1.165) is 4.47 Å². The number of nitrogens with zero attached hydrogens (tertiary/aromatic N) is 1. The average molecular weight is 401 g/mol. The van der Waals surface area contributed by atoms with E-state index in [9.17, 15) is 23.6 Å². The highest BCUT2D eigenvalue weighted by atomic mass is 79.9. The van der Waals surface area contributed by atoms with Gasteiger partial charge < -0.3 is 5.11 Å². The third-order valence-electron chi connectivity index (χ3n) is 3.08. The Morgan fingerprint density at radius 1 is 1.13 bits per heavy atom. The van der Waals surface area contributed by atoms with Gasteiger partial charge in [-0.05, 0) is 42.0 Å². The van der Waals surface area contributed by atoms with E-state index in [-0.39, 0.29) is 17.1 Å². The van der Waals surface area contributed by atoms with Crippen molar-refractivity contribution in [1.29, 1.82) is 0 Å². The van der Waals surface area contributed by atoms with Gasteiger partial charge in [-0.2, -0.15) is 0 Å². The monoisotopic (exact) mass is 400 g/mol. The van der Waals surface area contributed by atoms with E-state index in [4.69, 9.17) is 0 Å². The van der Waals surface area contributed by atoms with Crippen molar-refractivity contribution in [2.45, 2.75) is 11.0 Å². The molecule has 0 bridgehead atoms. The van der Waals surface area contributed by atoms with Crippen molar-refractivity contribution in [2.75, 3.05) is 6.54 Å². The molecular weight excluding hydrogens is 388 g/mol. The Labute approximate surface area is 141 Å². The number of hydrogen-bond acceptors (Lipinski definition) is 5. The molecule has 0 radical (unpaired) electrons. The number of non-ortho nitro benzene ring substituents is 1. The van der Waals surface area contributed by atoms with Gasteiger partial charge in [-0.15, -0.1) is 0 Å². The molecule has 0 saturated heterocycles. The van der Waals surface area contributed by atoms with E-state index < -0.39 is 21.1 Å². The molecule has 2 aromatic carbocycles. The maximum atomic E-state index is 12.1. The summed E-state index contributed by atoms with van der Waals surface area (Å²) in [6.07, 6.45) is -1.11. The number of sulfonamides is 1. The molecule has 0 aromatic heterocycles. The van der Waals surface area contributed by atoms with Gasteiger partial charge in [-0.25, -0.2) is 13.1 Å². The van der Waals surface area contributed by atoms with Crippen molar-refractivity contribution in [3.63, 3.8) is 0 Å². The summed E-state index contributed by atoms with van der Waals surface area (Å²) in [7, 11) is -3.74. The number of aliphatic hydroxyl groups is 1. The first-order chi connectivity index (χ1) is 10.8. The zero-order valence-electron chi connectivity index (χ0n) is 11.7. The summed E-state index contributed by atoms with van der Waals surface area (Å²) in [4.78, 5) is 10.1. The molecule has 9 heteroatoms. The topological polar surface area (TPSA) is 110 Å². The number of benzene rings is 2. The second kappa shape index (κ2) is 7.18. The van der Waals surface area contributed by atoms with Crippen molar-refractivity contribution in [1.82, 2.24) is 4.72 Å². The van der Waals surface area contributed by atoms with Gasteiger partial charge in [0.15, 0.2) is 0 Å². The van der Waals surface area contributed by atoms with Crippen LogP contribution < -0.4 is 4.72 Å². The minimum absolute atomic E-state index is 0.0802. The molecule has 0 fully saturated rings. The lowest BCUT2D eigenvalue weighted by Gasteiger charge is -2.12. The Morgan fingerprint density at radius 2 is 1.70 bits per heavy atom. The summed E-state index contributed by atoms with van der Waals surface area (Å²) in [6.45, 7) is -0.240. The van der Waals surface area contributed by atoms with Crippen LogP contribution in [0.2, 0.25) is 0 Å². The van der Waals surface area contributed by atoms with E-state index in [0.29, 0.717) is 5.56 Å². The first-order valence-corrected chi connectivity index (χ1v) is 8.75. The number of nitro benzene ring substituents is 1. The molecule has 2 aromatic rings. The van der Waals surface area contributed by atoms with Crippen molar-refractivity contribution in [3.05, 3.63) is 68.7 Å². The van der Waals surface area contributed by atoms with E-state index in [1.54, 1.807) is 12.1 Å². The number of halogens is 1. The number of nitrogens with one attached hydrogen (secondary N) is 1. The van der Waals surface area contributed by atoms with Gasteiger partial charge >= 0.3 is 0 Å². The second-order valence-corrected chi connectivity index (χ2v) is 7.35. The predicted octanol–water partition coefficient (Wildman–Crippen LogP) is 2.37. The molecule has 2 rings (SSSR count). The maximum Gasteiger partial charge on any atom is 0.269 e. The lowest BCUT2D eigenvalue weighted by molar-refractivity contribution is -0.384. The van der Waals surface area contributed by atoms with Crippen LogP contribution in [-0.2, 0) is 10.0 Å². The molecule has 0 aliphatic rings. The van der Waals surface area contributed by atoms with Crippen molar-refractivity contribution in [2.24, 2.45) is 0 Å². The minimum atomic E-state index is -3.74. The molecule has 0 spiro atoms. The SMILES string of the molecule is O=[N+]([O-])c1ccc([C@H](O)CNS(=O)(=O)c2ccc(Br)cc2)cc1. The molecule has 0 saturated carbocycles. The zero-order chi connectivity index (χ0) is 17.0. The first kappa shape index (κ1) is 17.5. The smallest absolute Gasteiger partial charge is 0.269 e. The van der Waals surface area contributed by atoms with Gasteiger partial charge in [0.05, 0.1) is 15.9 Å². The molecule has 0 heterocycles. The largest absolute Gasteiger partial charge is 0.387 e. The van der Waals surface area contributed by atoms with Gasteiger partial charge in [0, 0.05) is 23.2 Å². The number of rotatable bonds is 6. The Hall–Kier alpha value is -1.81. The molecular formula is C14H13BrN2O5S. The molecule has 0 unspecified atom stereocenters. The second-order valence-electron chi connectivity index (χ2n) is 4.67. The highest BCUT2D eigenvalue weighted by Crippen LogP contribution is 2.18. The van der Waals surface area contributed by atoms with Crippen LogP contribution in [0.4, 0.5) is 5.69 Å². The van der Waals surface area contributed by atoms with E-state index in [1.165, 1.54) is 36.4 Å². The number of nitro groups is 1. The van der Waals surface area contributed by atoms with Gasteiger partial charge in [0.2, 0.25) is 10.0 Å². The van der Waals surface area contributed by atoms with Gasteiger partial charge in [-0.1, -0.05) is 15.9 Å². The van der Waals surface area contributed by atoms with Crippen molar-refractivity contribution in [3.8, 4) is 0 Å². The van der Waals surface area contributed by atoms with Crippen LogP contribution in [0.5, 0.6) is 0 Å². The van der Waals surface area contributed by atoms with Gasteiger partial charge in [0.1, 0.15) is 0 Å². The van der Waals surface area contributed by atoms with Crippen LogP contribution in [0.15, 0.2) is 57.9 Å². The van der Waals surface area contributed by atoms with Crippen LogP contribution in [0.3, 0.4) is 0 Å². The van der Waals surface area contributed by atoms with E-state index in [1.807, 2.05) is 0 Å². The molecule has 0 aliphatic heterocycles. The van der Waals surface area contributed by atoms with Crippen LogP contribution >= 0.6 is 15.9 Å². The molecule has 7 nitrogen and oxygen atoms in total. The normalized spacial score (nSPS) is 12.8. The summed E-state index contributed by atoms with van der Waals surface area (Å²) in [6, 6.07) is 11.3. The molecule has 1 atom stereocenters. The van der Waals surface area contributed by atoms with E-state index >= 15 is 0 Å². The number of aliphatic hydroxyl groups excluding tert-OH is 1. The summed E-state index contributed by atoms with van der Waals surface area (Å²) >= 11 is 3.22. The van der Waals surface area contributed by atoms with Crippen LogP contribution in [0.1, 0.15) is 11.7 Å². The third-order valence-corrected chi connectivity index (χ3v) is 5.05. The molecule has 0 amide bonds. The molecule has 0 aliphatic carbocycles. The highest BCUT2D eigenvalue weighted by molar-refractivity contribution is 9.10. The highest BCUT2D eigenvalue weighted by Gasteiger charge is 2.17. The first-order valence-electron chi connectivity index (χ1n) is 6.47. The van der Waals surface area contributed by atoms with Gasteiger partial charge in [-0.3, -0.25) is 10.1 Å². The fraction of sp³-hybridized carbons (Fsp3) is 0.143. The van der Waals surface area contributed by atoms with Crippen LogP contribution in [-0.4, -0.2) is 25.0 Å². The van der Waals surface area contributed by atoms with Crippen LogP contribution in [0.25, 0.3) is 0 Å². The third kappa shape index (κ3) is 4.58.